The van der Waals surface area contributed by atoms with Crippen molar-refractivity contribution < 1.29 is 0 Å². The Balaban J connectivity index is 1.80. The van der Waals surface area contributed by atoms with E-state index in [2.05, 4.69) is 32.9 Å². The number of hydrogen-bond acceptors (Lipinski definition) is 2. The number of nitrogens with zero attached hydrogens (tertiary/aromatic N) is 4. The standard InChI is InChI=1S/C13H20N4/c1-14-13-16(2)9-10-17(13)8-4-6-12-5-3-7-15-11-12/h3,5,7,11H,4,6,8-10H2,1-2H3. The molecule has 4 heteroatoms. The monoisotopic (exact) mass is 232 g/mol. The lowest BCUT2D eigenvalue weighted by molar-refractivity contribution is 0.449. The van der Waals surface area contributed by atoms with Crippen LogP contribution in [-0.2, 0) is 6.42 Å². The molecule has 92 valence electrons. The number of rotatable bonds is 4. The van der Waals surface area contributed by atoms with Crippen LogP contribution < -0.4 is 0 Å². The summed E-state index contributed by atoms with van der Waals surface area (Å²) in [6.07, 6.45) is 6.01. The number of likely N-dealkylation sites (N-methyl/N-ethyl adjacent to an activating group) is 1. The molecule has 1 saturated heterocycles. The van der Waals surface area contributed by atoms with Crippen LogP contribution in [0, 0.1) is 0 Å². The van der Waals surface area contributed by atoms with E-state index in [0.717, 1.165) is 38.4 Å². The van der Waals surface area contributed by atoms with Gasteiger partial charge in [-0.1, -0.05) is 6.07 Å². The predicted molar refractivity (Wildman–Crippen MR) is 70.1 cm³/mol. The maximum Gasteiger partial charge on any atom is 0.196 e. The lowest BCUT2D eigenvalue weighted by Crippen LogP contribution is -2.32. The molecule has 0 bridgehead atoms. The van der Waals surface area contributed by atoms with Crippen LogP contribution >= 0.6 is 0 Å². The number of guanidine groups is 1. The van der Waals surface area contributed by atoms with Crippen LogP contribution in [-0.4, -0.2) is 54.5 Å². The quantitative estimate of drug-likeness (QED) is 0.783. The average Bonchev–Trinajstić information content (AvgIpc) is 2.71. The lowest BCUT2D eigenvalue weighted by atomic mass is 10.1. The Morgan fingerprint density at radius 1 is 1.41 bits per heavy atom. The van der Waals surface area contributed by atoms with Crippen LogP contribution in [0.1, 0.15) is 12.0 Å². The maximum atomic E-state index is 4.33. The highest BCUT2D eigenvalue weighted by Crippen LogP contribution is 2.08. The van der Waals surface area contributed by atoms with Gasteiger partial charge in [-0.2, -0.15) is 0 Å². The molecular formula is C13H20N4. The van der Waals surface area contributed by atoms with Crippen molar-refractivity contribution in [2.75, 3.05) is 33.7 Å². The largest absolute Gasteiger partial charge is 0.344 e. The molecule has 1 aliphatic rings. The number of aryl methyl sites for hydroxylation is 1. The van der Waals surface area contributed by atoms with Crippen molar-refractivity contribution in [3.8, 4) is 0 Å². The third kappa shape index (κ3) is 2.96. The van der Waals surface area contributed by atoms with Crippen molar-refractivity contribution in [1.29, 1.82) is 0 Å². The van der Waals surface area contributed by atoms with E-state index in [1.807, 2.05) is 25.5 Å². The van der Waals surface area contributed by atoms with Crippen LogP contribution in [0.4, 0.5) is 0 Å². The fourth-order valence-corrected chi connectivity index (χ4v) is 2.26. The van der Waals surface area contributed by atoms with Crippen molar-refractivity contribution in [1.82, 2.24) is 14.8 Å². The Hall–Kier alpha value is -1.58. The first kappa shape index (κ1) is 11.9. The minimum Gasteiger partial charge on any atom is -0.344 e. The summed E-state index contributed by atoms with van der Waals surface area (Å²) in [6.45, 7) is 3.25. The summed E-state index contributed by atoms with van der Waals surface area (Å²) >= 11 is 0. The molecule has 1 aromatic rings. The second-order valence-electron chi connectivity index (χ2n) is 4.40. The molecule has 17 heavy (non-hydrogen) atoms. The number of pyridine rings is 1. The van der Waals surface area contributed by atoms with Gasteiger partial charge in [0.2, 0.25) is 0 Å². The van der Waals surface area contributed by atoms with E-state index in [4.69, 9.17) is 0 Å². The van der Waals surface area contributed by atoms with Crippen LogP contribution in [0.2, 0.25) is 0 Å². The zero-order valence-electron chi connectivity index (χ0n) is 10.6. The van der Waals surface area contributed by atoms with Gasteiger partial charge in [-0.3, -0.25) is 9.98 Å². The van der Waals surface area contributed by atoms with Crippen molar-refractivity contribution in [3.05, 3.63) is 30.1 Å². The SMILES string of the molecule is CN=C1N(C)CCN1CCCc1cccnc1. The molecule has 1 aromatic heterocycles. The first-order chi connectivity index (χ1) is 8.31. The van der Waals surface area contributed by atoms with Gasteiger partial charge in [0.15, 0.2) is 5.96 Å². The Kier molecular flexibility index (Phi) is 3.96. The summed E-state index contributed by atoms with van der Waals surface area (Å²) in [4.78, 5) is 13.0. The Morgan fingerprint density at radius 2 is 2.29 bits per heavy atom. The minimum absolute atomic E-state index is 1.08. The van der Waals surface area contributed by atoms with Gasteiger partial charge in [-0.25, -0.2) is 0 Å². The van der Waals surface area contributed by atoms with E-state index >= 15 is 0 Å². The summed E-state index contributed by atoms with van der Waals surface area (Å²) in [5, 5.41) is 0. The van der Waals surface area contributed by atoms with E-state index in [0.29, 0.717) is 0 Å². The Morgan fingerprint density at radius 3 is 3.00 bits per heavy atom. The molecule has 1 aliphatic heterocycles. The summed E-state index contributed by atoms with van der Waals surface area (Å²) < 4.78 is 0. The zero-order chi connectivity index (χ0) is 12.1. The zero-order valence-corrected chi connectivity index (χ0v) is 10.6. The molecule has 0 amide bonds. The van der Waals surface area contributed by atoms with E-state index in [-0.39, 0.29) is 0 Å². The average molecular weight is 232 g/mol. The van der Waals surface area contributed by atoms with Gasteiger partial charge in [0.25, 0.3) is 0 Å². The summed E-state index contributed by atoms with van der Waals surface area (Å²) in [5.74, 6) is 1.12. The fraction of sp³-hybridized carbons (Fsp3) is 0.538. The van der Waals surface area contributed by atoms with Crippen molar-refractivity contribution in [2.24, 2.45) is 4.99 Å². The highest BCUT2D eigenvalue weighted by Gasteiger charge is 2.21. The first-order valence-corrected chi connectivity index (χ1v) is 6.13. The normalized spacial score (nSPS) is 18.1. The first-order valence-electron chi connectivity index (χ1n) is 6.13. The minimum atomic E-state index is 1.08. The smallest absolute Gasteiger partial charge is 0.196 e. The molecule has 0 N–H and O–H groups in total. The van der Waals surface area contributed by atoms with Gasteiger partial charge in [0.1, 0.15) is 0 Å². The predicted octanol–water partition coefficient (Wildman–Crippen LogP) is 1.25. The van der Waals surface area contributed by atoms with Crippen molar-refractivity contribution in [2.45, 2.75) is 12.8 Å². The van der Waals surface area contributed by atoms with Crippen LogP contribution in [0.3, 0.4) is 0 Å². The Bertz CT molecular complexity index is 374. The van der Waals surface area contributed by atoms with Gasteiger partial charge in [0, 0.05) is 46.1 Å². The highest BCUT2D eigenvalue weighted by molar-refractivity contribution is 5.81. The van der Waals surface area contributed by atoms with Crippen molar-refractivity contribution >= 4 is 5.96 Å². The fourth-order valence-electron chi connectivity index (χ4n) is 2.26. The topological polar surface area (TPSA) is 31.7 Å². The van der Waals surface area contributed by atoms with Gasteiger partial charge < -0.3 is 9.80 Å². The molecule has 2 rings (SSSR count). The second kappa shape index (κ2) is 5.66. The molecule has 0 spiro atoms. The summed E-state index contributed by atoms with van der Waals surface area (Å²) in [6, 6.07) is 4.13. The van der Waals surface area contributed by atoms with Crippen LogP contribution in [0.15, 0.2) is 29.5 Å². The van der Waals surface area contributed by atoms with E-state index in [1.165, 1.54) is 5.56 Å². The van der Waals surface area contributed by atoms with E-state index < -0.39 is 0 Å². The van der Waals surface area contributed by atoms with Crippen LogP contribution in [0.5, 0.6) is 0 Å². The molecule has 0 atom stereocenters. The summed E-state index contributed by atoms with van der Waals surface area (Å²) in [5.41, 5.74) is 1.31. The van der Waals surface area contributed by atoms with E-state index in [1.54, 1.807) is 0 Å². The molecule has 0 saturated carbocycles. The van der Waals surface area contributed by atoms with E-state index in [9.17, 15) is 0 Å². The van der Waals surface area contributed by atoms with Gasteiger partial charge in [-0.05, 0) is 24.5 Å². The van der Waals surface area contributed by atoms with Gasteiger partial charge in [0.05, 0.1) is 0 Å². The maximum absolute atomic E-state index is 4.33. The summed E-state index contributed by atoms with van der Waals surface area (Å²) in [7, 11) is 3.97. The molecule has 1 fully saturated rings. The molecule has 4 nitrogen and oxygen atoms in total. The molecule has 2 heterocycles. The molecule has 0 unspecified atom stereocenters. The highest BCUT2D eigenvalue weighted by atomic mass is 15.4. The Labute approximate surface area is 103 Å². The lowest BCUT2D eigenvalue weighted by Gasteiger charge is -2.19. The van der Waals surface area contributed by atoms with Crippen molar-refractivity contribution in [3.63, 3.8) is 0 Å². The molecule has 0 radical (unpaired) electrons. The number of hydrogen-bond donors (Lipinski definition) is 0. The number of aliphatic imine (C=N–C) groups is 1. The molecule has 0 aliphatic carbocycles. The second-order valence-corrected chi connectivity index (χ2v) is 4.40. The van der Waals surface area contributed by atoms with Crippen LogP contribution in [0.25, 0.3) is 0 Å². The third-order valence-corrected chi connectivity index (χ3v) is 3.15. The van der Waals surface area contributed by atoms with Gasteiger partial charge >= 0.3 is 0 Å². The van der Waals surface area contributed by atoms with Gasteiger partial charge in [-0.15, -0.1) is 0 Å². The number of aromatic nitrogens is 1. The molecular weight excluding hydrogens is 212 g/mol. The molecule has 0 aromatic carbocycles. The third-order valence-electron chi connectivity index (χ3n) is 3.15.